The molecule has 21 heavy (non-hydrogen) atoms. The summed E-state index contributed by atoms with van der Waals surface area (Å²) in [7, 11) is 0. The van der Waals surface area contributed by atoms with Crippen molar-refractivity contribution in [3.63, 3.8) is 0 Å². The Morgan fingerprint density at radius 2 is 1.67 bits per heavy atom. The smallest absolute Gasteiger partial charge is 0.0374 e. The number of benzene rings is 1. The van der Waals surface area contributed by atoms with Crippen molar-refractivity contribution in [2.75, 3.05) is 0 Å². The van der Waals surface area contributed by atoms with E-state index in [1.54, 1.807) is 0 Å². The van der Waals surface area contributed by atoms with E-state index in [1.807, 2.05) is 11.3 Å². The minimum Gasteiger partial charge on any atom is -0.303 e. The van der Waals surface area contributed by atoms with Crippen LogP contribution in [0.4, 0.5) is 0 Å². The van der Waals surface area contributed by atoms with E-state index < -0.39 is 0 Å². The fourth-order valence-electron chi connectivity index (χ4n) is 2.91. The van der Waals surface area contributed by atoms with E-state index in [0.717, 1.165) is 0 Å². The molecule has 1 aromatic carbocycles. The number of nitrogens with one attached hydrogen (secondary N) is 1. The van der Waals surface area contributed by atoms with Crippen molar-refractivity contribution in [3.05, 3.63) is 57.3 Å². The standard InChI is InChI=1S/C19H27NS/c1-13-12-17(15(3)21-13)14(2)20-18(19(4,5)6)16-10-8-7-9-11-16/h7-12,14,18,20H,1-6H3. The molecule has 0 amide bonds. The van der Waals surface area contributed by atoms with E-state index in [9.17, 15) is 0 Å². The maximum atomic E-state index is 3.85. The van der Waals surface area contributed by atoms with Crippen molar-refractivity contribution >= 4 is 11.3 Å². The zero-order valence-corrected chi connectivity index (χ0v) is 14.8. The number of aryl methyl sites for hydroxylation is 2. The lowest BCUT2D eigenvalue weighted by molar-refractivity contribution is 0.254. The summed E-state index contributed by atoms with van der Waals surface area (Å²) in [6.07, 6.45) is 0. The molecule has 0 saturated carbocycles. The zero-order valence-electron chi connectivity index (χ0n) is 14.0. The summed E-state index contributed by atoms with van der Waals surface area (Å²) in [5.74, 6) is 0. The molecule has 2 heteroatoms. The molecule has 0 fully saturated rings. The molecule has 2 atom stereocenters. The van der Waals surface area contributed by atoms with Crippen LogP contribution in [0.2, 0.25) is 0 Å². The largest absolute Gasteiger partial charge is 0.303 e. The predicted octanol–water partition coefficient (Wildman–Crippen LogP) is 5.80. The third-order valence-electron chi connectivity index (χ3n) is 3.96. The highest BCUT2D eigenvalue weighted by molar-refractivity contribution is 7.12. The van der Waals surface area contributed by atoms with Gasteiger partial charge in [0.25, 0.3) is 0 Å². The van der Waals surface area contributed by atoms with E-state index in [-0.39, 0.29) is 5.41 Å². The maximum Gasteiger partial charge on any atom is 0.0374 e. The molecule has 0 aliphatic heterocycles. The molecule has 0 aliphatic rings. The molecule has 0 aliphatic carbocycles. The van der Waals surface area contributed by atoms with Crippen LogP contribution in [-0.2, 0) is 0 Å². The molecule has 2 unspecified atom stereocenters. The van der Waals surface area contributed by atoms with Gasteiger partial charge in [-0.25, -0.2) is 0 Å². The summed E-state index contributed by atoms with van der Waals surface area (Å²) < 4.78 is 0. The lowest BCUT2D eigenvalue weighted by atomic mass is 9.81. The van der Waals surface area contributed by atoms with E-state index in [2.05, 4.69) is 83.3 Å². The van der Waals surface area contributed by atoms with Gasteiger partial charge in [0.1, 0.15) is 0 Å². The Bertz CT molecular complexity index is 577. The molecule has 1 N–H and O–H groups in total. The first-order valence-corrected chi connectivity index (χ1v) is 8.48. The lowest BCUT2D eigenvalue weighted by Gasteiger charge is -2.34. The second-order valence-electron chi connectivity index (χ2n) is 6.97. The predicted molar refractivity (Wildman–Crippen MR) is 94.0 cm³/mol. The highest BCUT2D eigenvalue weighted by atomic mass is 32.1. The monoisotopic (exact) mass is 301 g/mol. The van der Waals surface area contributed by atoms with E-state index in [0.29, 0.717) is 12.1 Å². The molecule has 114 valence electrons. The third-order valence-corrected chi connectivity index (χ3v) is 4.94. The number of hydrogen-bond acceptors (Lipinski definition) is 2. The van der Waals surface area contributed by atoms with Gasteiger partial charge >= 0.3 is 0 Å². The fraction of sp³-hybridized carbons (Fsp3) is 0.474. The first kappa shape index (κ1) is 16.3. The van der Waals surface area contributed by atoms with Crippen molar-refractivity contribution in [2.24, 2.45) is 5.41 Å². The fourth-order valence-corrected chi connectivity index (χ4v) is 3.93. The van der Waals surface area contributed by atoms with E-state index in [1.165, 1.54) is 20.9 Å². The molecule has 1 nitrogen and oxygen atoms in total. The van der Waals surface area contributed by atoms with Crippen molar-refractivity contribution in [2.45, 2.75) is 53.6 Å². The normalized spacial score (nSPS) is 15.0. The average molecular weight is 301 g/mol. The van der Waals surface area contributed by atoms with Crippen molar-refractivity contribution < 1.29 is 0 Å². The van der Waals surface area contributed by atoms with Crippen LogP contribution in [0.3, 0.4) is 0 Å². The Kier molecular flexibility index (Phi) is 4.90. The van der Waals surface area contributed by atoms with Gasteiger partial charge in [0.15, 0.2) is 0 Å². The minimum absolute atomic E-state index is 0.175. The van der Waals surface area contributed by atoms with Crippen LogP contribution in [-0.4, -0.2) is 0 Å². The van der Waals surface area contributed by atoms with Gasteiger partial charge in [-0.1, -0.05) is 51.1 Å². The van der Waals surface area contributed by atoms with E-state index in [4.69, 9.17) is 0 Å². The molecular weight excluding hydrogens is 274 g/mol. The number of thiophene rings is 1. The molecular formula is C19H27NS. The first-order valence-electron chi connectivity index (χ1n) is 7.67. The minimum atomic E-state index is 0.175. The summed E-state index contributed by atoms with van der Waals surface area (Å²) in [4.78, 5) is 2.82. The third kappa shape index (κ3) is 3.96. The van der Waals surface area contributed by atoms with Crippen molar-refractivity contribution in [1.29, 1.82) is 0 Å². The van der Waals surface area contributed by atoms with Gasteiger partial charge in [0.05, 0.1) is 0 Å². The summed E-state index contributed by atoms with van der Waals surface area (Å²) in [6, 6.07) is 13.8. The lowest BCUT2D eigenvalue weighted by Crippen LogP contribution is -2.34. The van der Waals surface area contributed by atoms with Crippen LogP contribution in [0, 0.1) is 19.3 Å². The Labute approximate surface area is 133 Å². The van der Waals surface area contributed by atoms with Crippen LogP contribution in [0.15, 0.2) is 36.4 Å². The molecule has 1 aromatic heterocycles. The average Bonchev–Trinajstić information content (AvgIpc) is 2.74. The molecule has 1 heterocycles. The van der Waals surface area contributed by atoms with Crippen molar-refractivity contribution in [1.82, 2.24) is 5.32 Å². The second kappa shape index (κ2) is 6.33. The number of hydrogen-bond donors (Lipinski definition) is 1. The highest BCUT2D eigenvalue weighted by Crippen LogP contribution is 2.36. The molecule has 0 spiro atoms. The first-order chi connectivity index (χ1) is 9.79. The van der Waals surface area contributed by atoms with Crippen molar-refractivity contribution in [3.8, 4) is 0 Å². The molecule has 0 radical (unpaired) electrons. The highest BCUT2D eigenvalue weighted by Gasteiger charge is 2.28. The Balaban J connectivity index is 2.26. The van der Waals surface area contributed by atoms with E-state index >= 15 is 0 Å². The van der Waals surface area contributed by atoms with Gasteiger partial charge in [0, 0.05) is 21.8 Å². The molecule has 0 bridgehead atoms. The van der Waals surface area contributed by atoms with Gasteiger partial charge in [-0.15, -0.1) is 11.3 Å². The summed E-state index contributed by atoms with van der Waals surface area (Å²) in [5, 5.41) is 3.85. The Morgan fingerprint density at radius 1 is 1.05 bits per heavy atom. The van der Waals surface area contributed by atoms with Gasteiger partial charge < -0.3 is 5.32 Å². The summed E-state index contributed by atoms with van der Waals surface area (Å²) in [6.45, 7) is 13.6. The Morgan fingerprint density at radius 3 is 2.14 bits per heavy atom. The van der Waals surface area contributed by atoms with Gasteiger partial charge in [-0.3, -0.25) is 0 Å². The summed E-state index contributed by atoms with van der Waals surface area (Å²) >= 11 is 1.89. The Hall–Kier alpha value is -1.12. The zero-order chi connectivity index (χ0) is 15.6. The maximum absolute atomic E-state index is 3.85. The molecule has 2 aromatic rings. The molecule has 2 rings (SSSR count). The van der Waals surface area contributed by atoms with Gasteiger partial charge in [0.2, 0.25) is 0 Å². The van der Waals surface area contributed by atoms with Crippen LogP contribution in [0.25, 0.3) is 0 Å². The SMILES string of the molecule is Cc1cc(C(C)NC(c2ccccc2)C(C)(C)C)c(C)s1. The quantitative estimate of drug-likeness (QED) is 0.752. The van der Waals surface area contributed by atoms with Crippen LogP contribution in [0.5, 0.6) is 0 Å². The van der Waals surface area contributed by atoms with Crippen LogP contribution < -0.4 is 5.32 Å². The van der Waals surface area contributed by atoms with Gasteiger partial charge in [-0.05, 0) is 43.4 Å². The number of rotatable bonds is 4. The van der Waals surface area contributed by atoms with Crippen LogP contribution in [0.1, 0.15) is 60.7 Å². The summed E-state index contributed by atoms with van der Waals surface area (Å²) in [5.41, 5.74) is 2.97. The second-order valence-corrected chi connectivity index (χ2v) is 8.43. The van der Waals surface area contributed by atoms with Crippen LogP contribution >= 0.6 is 11.3 Å². The molecule has 0 saturated heterocycles. The topological polar surface area (TPSA) is 12.0 Å². The van der Waals surface area contributed by atoms with Gasteiger partial charge in [-0.2, -0.15) is 0 Å².